The zero-order chi connectivity index (χ0) is 13.1. The van der Waals surface area contributed by atoms with Crippen LogP contribution in [0.1, 0.15) is 16.8 Å². The number of rotatable bonds is 2. The number of aromatic nitrogens is 2. The minimum absolute atomic E-state index is 0.482. The molecular formula is C13H11BrN4. The number of anilines is 2. The van der Waals surface area contributed by atoms with Gasteiger partial charge in [0.15, 0.2) is 0 Å². The second kappa shape index (κ2) is 5.15. The van der Waals surface area contributed by atoms with Crippen LogP contribution in [-0.4, -0.2) is 9.97 Å². The van der Waals surface area contributed by atoms with E-state index in [1.807, 2.05) is 26.0 Å². The molecule has 18 heavy (non-hydrogen) atoms. The molecule has 0 aliphatic heterocycles. The van der Waals surface area contributed by atoms with Gasteiger partial charge in [0.05, 0.1) is 11.3 Å². The number of nitrogens with one attached hydrogen (secondary N) is 1. The molecule has 0 aliphatic rings. The van der Waals surface area contributed by atoms with Crippen molar-refractivity contribution < 1.29 is 0 Å². The second-order valence-corrected chi connectivity index (χ2v) is 4.76. The summed E-state index contributed by atoms with van der Waals surface area (Å²) in [7, 11) is 0. The van der Waals surface area contributed by atoms with Crippen molar-refractivity contribution in [1.82, 2.24) is 9.97 Å². The number of hydrogen-bond donors (Lipinski definition) is 1. The monoisotopic (exact) mass is 302 g/mol. The van der Waals surface area contributed by atoms with Gasteiger partial charge in [-0.05, 0) is 53.5 Å². The van der Waals surface area contributed by atoms with Crippen LogP contribution in [0.4, 0.5) is 11.6 Å². The van der Waals surface area contributed by atoms with Crippen molar-refractivity contribution in [3.05, 3.63) is 45.7 Å². The summed E-state index contributed by atoms with van der Waals surface area (Å²) in [5.41, 5.74) is 2.40. The van der Waals surface area contributed by atoms with Crippen molar-refractivity contribution in [3.63, 3.8) is 0 Å². The molecule has 0 unspecified atom stereocenters. The maximum absolute atomic E-state index is 9.10. The molecule has 2 aromatic rings. The van der Waals surface area contributed by atoms with Crippen molar-refractivity contribution in [1.29, 1.82) is 5.26 Å². The van der Waals surface area contributed by atoms with E-state index in [1.165, 1.54) is 0 Å². The zero-order valence-corrected chi connectivity index (χ0v) is 11.6. The molecule has 0 bridgehead atoms. The lowest BCUT2D eigenvalue weighted by molar-refractivity contribution is 1.15. The first-order valence-corrected chi connectivity index (χ1v) is 6.16. The second-order valence-electron chi connectivity index (χ2n) is 3.91. The van der Waals surface area contributed by atoms with Crippen molar-refractivity contribution >= 4 is 27.6 Å². The van der Waals surface area contributed by atoms with E-state index >= 15 is 0 Å². The van der Waals surface area contributed by atoms with Gasteiger partial charge in [-0.1, -0.05) is 0 Å². The minimum atomic E-state index is 0.482. The smallest absolute Gasteiger partial charge is 0.149 e. The molecule has 2 rings (SSSR count). The third-order valence-corrected chi connectivity index (χ3v) is 3.24. The van der Waals surface area contributed by atoms with E-state index in [-0.39, 0.29) is 0 Å². The van der Waals surface area contributed by atoms with E-state index in [4.69, 9.17) is 5.26 Å². The van der Waals surface area contributed by atoms with Crippen molar-refractivity contribution in [2.45, 2.75) is 13.8 Å². The minimum Gasteiger partial charge on any atom is -0.324 e. The Labute approximate surface area is 114 Å². The SMILES string of the molecule is Cc1ccnc(Nc2nc(C)c(Br)cc2C#N)c1. The Hall–Kier alpha value is -1.93. The molecule has 0 aromatic carbocycles. The Morgan fingerprint density at radius 3 is 2.78 bits per heavy atom. The van der Waals surface area contributed by atoms with E-state index in [1.54, 1.807) is 12.3 Å². The van der Waals surface area contributed by atoms with Gasteiger partial charge in [-0.25, -0.2) is 9.97 Å². The molecule has 0 radical (unpaired) electrons. The van der Waals surface area contributed by atoms with Gasteiger partial charge in [-0.2, -0.15) is 5.26 Å². The highest BCUT2D eigenvalue weighted by Gasteiger charge is 2.08. The Morgan fingerprint density at radius 1 is 1.33 bits per heavy atom. The Morgan fingerprint density at radius 2 is 2.11 bits per heavy atom. The first kappa shape index (κ1) is 12.5. The maximum atomic E-state index is 9.10. The fourth-order valence-corrected chi connectivity index (χ4v) is 1.80. The lowest BCUT2D eigenvalue weighted by atomic mass is 10.2. The van der Waals surface area contributed by atoms with E-state index in [2.05, 4.69) is 37.3 Å². The summed E-state index contributed by atoms with van der Waals surface area (Å²) in [5, 5.41) is 12.2. The van der Waals surface area contributed by atoms with E-state index in [0.717, 1.165) is 15.7 Å². The van der Waals surface area contributed by atoms with Crippen molar-refractivity contribution in [2.75, 3.05) is 5.32 Å². The number of pyridine rings is 2. The van der Waals surface area contributed by atoms with Crippen LogP contribution in [0.3, 0.4) is 0 Å². The van der Waals surface area contributed by atoms with Gasteiger partial charge in [0, 0.05) is 10.7 Å². The van der Waals surface area contributed by atoms with E-state index in [9.17, 15) is 0 Å². The van der Waals surface area contributed by atoms with Crippen LogP contribution in [0.15, 0.2) is 28.9 Å². The molecule has 1 N–H and O–H groups in total. The summed E-state index contributed by atoms with van der Waals surface area (Å²) in [6, 6.07) is 7.68. The maximum Gasteiger partial charge on any atom is 0.149 e. The fraction of sp³-hybridized carbons (Fsp3) is 0.154. The Bertz CT molecular complexity index is 631. The highest BCUT2D eigenvalue weighted by molar-refractivity contribution is 9.10. The van der Waals surface area contributed by atoms with Gasteiger partial charge in [0.25, 0.3) is 0 Å². The van der Waals surface area contributed by atoms with Gasteiger partial charge >= 0.3 is 0 Å². The summed E-state index contributed by atoms with van der Waals surface area (Å²) in [4.78, 5) is 8.54. The van der Waals surface area contributed by atoms with Gasteiger partial charge in [-0.3, -0.25) is 0 Å². The molecule has 2 aromatic heterocycles. The first-order chi connectivity index (χ1) is 8.60. The normalized spacial score (nSPS) is 9.89. The molecule has 0 aliphatic carbocycles. The largest absolute Gasteiger partial charge is 0.324 e. The summed E-state index contributed by atoms with van der Waals surface area (Å²) in [5.74, 6) is 1.21. The molecular weight excluding hydrogens is 292 g/mol. The number of halogens is 1. The average Bonchev–Trinajstić information content (AvgIpc) is 2.33. The van der Waals surface area contributed by atoms with Crippen LogP contribution in [0.2, 0.25) is 0 Å². The highest BCUT2D eigenvalue weighted by atomic mass is 79.9. The average molecular weight is 303 g/mol. The highest BCUT2D eigenvalue weighted by Crippen LogP contribution is 2.23. The molecule has 0 atom stereocenters. The van der Waals surface area contributed by atoms with Gasteiger partial charge in [0.2, 0.25) is 0 Å². The van der Waals surface area contributed by atoms with Gasteiger partial charge < -0.3 is 5.32 Å². The van der Waals surface area contributed by atoms with Gasteiger partial charge in [0.1, 0.15) is 17.7 Å². The predicted octanol–water partition coefficient (Wildman–Crippen LogP) is 3.47. The van der Waals surface area contributed by atoms with Crippen LogP contribution in [0.5, 0.6) is 0 Å². The molecule has 0 saturated carbocycles. The van der Waals surface area contributed by atoms with Crippen LogP contribution < -0.4 is 5.32 Å². The summed E-state index contributed by atoms with van der Waals surface area (Å²) in [6.45, 7) is 3.86. The topological polar surface area (TPSA) is 61.6 Å². The van der Waals surface area contributed by atoms with Gasteiger partial charge in [-0.15, -0.1) is 0 Å². The van der Waals surface area contributed by atoms with Crippen LogP contribution in [0, 0.1) is 25.2 Å². The Balaban J connectivity index is 2.40. The van der Waals surface area contributed by atoms with Crippen molar-refractivity contribution in [3.8, 4) is 6.07 Å². The van der Waals surface area contributed by atoms with Crippen LogP contribution in [-0.2, 0) is 0 Å². The molecule has 0 saturated heterocycles. The van der Waals surface area contributed by atoms with Crippen LogP contribution in [0.25, 0.3) is 0 Å². The molecule has 2 heterocycles. The van der Waals surface area contributed by atoms with E-state index in [0.29, 0.717) is 17.2 Å². The van der Waals surface area contributed by atoms with Crippen LogP contribution >= 0.6 is 15.9 Å². The number of hydrogen-bond acceptors (Lipinski definition) is 4. The molecule has 90 valence electrons. The standard InChI is InChI=1S/C13H11BrN4/c1-8-3-4-16-12(5-8)18-13-10(7-15)6-11(14)9(2)17-13/h3-6H,1-2H3,(H,16,17,18). The predicted molar refractivity (Wildman–Crippen MR) is 73.6 cm³/mol. The molecule has 4 nitrogen and oxygen atoms in total. The Kier molecular flexibility index (Phi) is 3.58. The summed E-state index contributed by atoms with van der Waals surface area (Å²) >= 11 is 3.36. The third kappa shape index (κ3) is 2.66. The number of nitrogens with zero attached hydrogens (tertiary/aromatic N) is 3. The first-order valence-electron chi connectivity index (χ1n) is 5.37. The van der Waals surface area contributed by atoms with Crippen molar-refractivity contribution in [2.24, 2.45) is 0 Å². The summed E-state index contributed by atoms with van der Waals surface area (Å²) in [6.07, 6.45) is 1.72. The van der Waals surface area contributed by atoms with E-state index < -0.39 is 0 Å². The molecule has 5 heteroatoms. The quantitative estimate of drug-likeness (QED) is 0.922. The molecule has 0 amide bonds. The fourth-order valence-electron chi connectivity index (χ4n) is 1.49. The molecule has 0 fully saturated rings. The number of aryl methyl sites for hydroxylation is 2. The third-order valence-electron chi connectivity index (χ3n) is 2.43. The summed E-state index contributed by atoms with van der Waals surface area (Å²) < 4.78 is 0.821. The lowest BCUT2D eigenvalue weighted by Gasteiger charge is -2.08. The number of nitriles is 1. The molecule has 0 spiro atoms. The zero-order valence-electron chi connectivity index (χ0n) is 10.0. The lowest BCUT2D eigenvalue weighted by Crippen LogP contribution is -2.00.